The van der Waals surface area contributed by atoms with Crippen LogP contribution in [0.2, 0.25) is 0 Å². The minimum atomic E-state index is -0.252. The average Bonchev–Trinajstić information content (AvgIpc) is 2.41. The Balaban J connectivity index is 2.16. The second-order valence-corrected chi connectivity index (χ2v) is 5.69. The third-order valence-corrected chi connectivity index (χ3v) is 4.04. The molecule has 0 radical (unpaired) electrons. The van der Waals surface area contributed by atoms with Gasteiger partial charge in [-0.05, 0) is 31.6 Å². The van der Waals surface area contributed by atoms with Crippen LogP contribution in [0, 0.1) is 5.92 Å². The number of hydrogen-bond acceptors (Lipinski definition) is 5. The molecule has 0 bridgehead atoms. The monoisotopic (exact) mass is 264 g/mol. The molecule has 0 aromatic carbocycles. The highest BCUT2D eigenvalue weighted by Crippen LogP contribution is 2.34. The van der Waals surface area contributed by atoms with E-state index in [9.17, 15) is 5.11 Å². The molecule has 0 amide bonds. The average molecular weight is 264 g/mol. The molecule has 0 atom stereocenters. The summed E-state index contributed by atoms with van der Waals surface area (Å²) >= 11 is 0. The molecule has 19 heavy (non-hydrogen) atoms. The number of aliphatic hydroxyl groups excluding tert-OH is 1. The number of aliphatic hydroxyl groups is 1. The van der Waals surface area contributed by atoms with Gasteiger partial charge in [0.25, 0.3) is 0 Å². The maximum Gasteiger partial charge on any atom is 0.132 e. The lowest BCUT2D eigenvalue weighted by Crippen LogP contribution is -2.45. The van der Waals surface area contributed by atoms with Gasteiger partial charge in [0.05, 0.1) is 12.1 Å². The van der Waals surface area contributed by atoms with Gasteiger partial charge in [-0.3, -0.25) is 0 Å². The first-order valence-corrected chi connectivity index (χ1v) is 7.09. The first kappa shape index (κ1) is 14.1. The molecule has 1 heterocycles. The highest BCUT2D eigenvalue weighted by atomic mass is 16.3. The molecule has 106 valence electrons. The largest absolute Gasteiger partial charge is 0.394 e. The molecule has 4 N–H and O–H groups in total. The summed E-state index contributed by atoms with van der Waals surface area (Å²) in [6.07, 6.45) is 4.96. The SMILES string of the molecule is CCc1nc(N)cc(NC2(CO)CCC(C)CC2)n1. The Labute approximate surface area is 114 Å². The first-order valence-electron chi connectivity index (χ1n) is 7.09. The summed E-state index contributed by atoms with van der Waals surface area (Å²) in [5, 5.41) is 13.1. The fraction of sp³-hybridized carbons (Fsp3) is 0.714. The molecule has 1 saturated carbocycles. The van der Waals surface area contributed by atoms with Crippen molar-refractivity contribution in [2.24, 2.45) is 5.92 Å². The van der Waals surface area contributed by atoms with E-state index in [0.717, 1.165) is 49.7 Å². The summed E-state index contributed by atoms with van der Waals surface area (Å²) in [4.78, 5) is 8.62. The molecule has 5 nitrogen and oxygen atoms in total. The van der Waals surface area contributed by atoms with Crippen molar-refractivity contribution in [2.75, 3.05) is 17.7 Å². The Kier molecular flexibility index (Phi) is 4.24. The summed E-state index contributed by atoms with van der Waals surface area (Å²) in [6.45, 7) is 4.40. The van der Waals surface area contributed by atoms with Crippen molar-refractivity contribution in [3.8, 4) is 0 Å². The molecule has 1 aromatic heterocycles. The van der Waals surface area contributed by atoms with Crippen LogP contribution in [0.3, 0.4) is 0 Å². The summed E-state index contributed by atoms with van der Waals surface area (Å²) in [7, 11) is 0. The van der Waals surface area contributed by atoms with Crippen LogP contribution in [0.25, 0.3) is 0 Å². The van der Waals surface area contributed by atoms with E-state index in [-0.39, 0.29) is 12.1 Å². The van der Waals surface area contributed by atoms with Crippen molar-refractivity contribution in [1.29, 1.82) is 0 Å². The Morgan fingerprint density at radius 2 is 2.11 bits per heavy atom. The van der Waals surface area contributed by atoms with Crippen molar-refractivity contribution in [3.05, 3.63) is 11.9 Å². The highest BCUT2D eigenvalue weighted by Gasteiger charge is 2.33. The molecule has 5 heteroatoms. The van der Waals surface area contributed by atoms with Crippen LogP contribution in [-0.2, 0) is 6.42 Å². The quantitative estimate of drug-likeness (QED) is 0.774. The third kappa shape index (κ3) is 3.35. The summed E-state index contributed by atoms with van der Waals surface area (Å²) < 4.78 is 0. The molecular weight excluding hydrogens is 240 g/mol. The van der Waals surface area contributed by atoms with Crippen LogP contribution in [0.1, 0.15) is 45.4 Å². The van der Waals surface area contributed by atoms with Crippen LogP contribution >= 0.6 is 0 Å². The zero-order chi connectivity index (χ0) is 13.9. The standard InChI is InChI=1S/C14H24N4O/c1-3-12-16-11(15)8-13(17-12)18-14(9-19)6-4-10(2)5-7-14/h8,10,19H,3-7,9H2,1-2H3,(H3,15,16,17,18). The van der Waals surface area contributed by atoms with E-state index in [1.807, 2.05) is 6.92 Å². The Morgan fingerprint density at radius 3 is 2.68 bits per heavy atom. The van der Waals surface area contributed by atoms with Gasteiger partial charge < -0.3 is 16.2 Å². The first-order chi connectivity index (χ1) is 9.07. The van der Waals surface area contributed by atoms with Gasteiger partial charge in [-0.15, -0.1) is 0 Å². The molecular formula is C14H24N4O. The minimum absolute atomic E-state index is 0.130. The van der Waals surface area contributed by atoms with Gasteiger partial charge in [0.15, 0.2) is 0 Å². The molecule has 0 unspecified atom stereocenters. The van der Waals surface area contributed by atoms with Crippen LogP contribution < -0.4 is 11.1 Å². The van der Waals surface area contributed by atoms with Crippen LogP contribution in [0.5, 0.6) is 0 Å². The zero-order valence-electron chi connectivity index (χ0n) is 11.8. The lowest BCUT2D eigenvalue weighted by atomic mass is 9.77. The van der Waals surface area contributed by atoms with Gasteiger partial charge in [0.2, 0.25) is 0 Å². The van der Waals surface area contributed by atoms with Crippen molar-refractivity contribution < 1.29 is 5.11 Å². The number of hydrogen-bond donors (Lipinski definition) is 3. The van der Waals surface area contributed by atoms with Gasteiger partial charge in [-0.25, -0.2) is 9.97 Å². The number of nitrogen functional groups attached to an aromatic ring is 1. The second kappa shape index (κ2) is 5.74. The van der Waals surface area contributed by atoms with Gasteiger partial charge in [0, 0.05) is 12.5 Å². The maximum absolute atomic E-state index is 9.75. The molecule has 0 aliphatic heterocycles. The summed E-state index contributed by atoms with van der Waals surface area (Å²) in [5.41, 5.74) is 5.54. The highest BCUT2D eigenvalue weighted by molar-refractivity contribution is 5.46. The summed E-state index contributed by atoms with van der Waals surface area (Å²) in [6, 6.07) is 1.74. The van der Waals surface area contributed by atoms with E-state index in [1.165, 1.54) is 0 Å². The topological polar surface area (TPSA) is 84.1 Å². The normalized spacial score (nSPS) is 27.2. The lowest BCUT2D eigenvalue weighted by Gasteiger charge is -2.39. The molecule has 1 fully saturated rings. The van der Waals surface area contributed by atoms with E-state index < -0.39 is 0 Å². The van der Waals surface area contributed by atoms with Gasteiger partial charge in [0.1, 0.15) is 17.5 Å². The van der Waals surface area contributed by atoms with Crippen LogP contribution in [0.4, 0.5) is 11.6 Å². The van der Waals surface area contributed by atoms with Crippen molar-refractivity contribution in [1.82, 2.24) is 9.97 Å². The van der Waals surface area contributed by atoms with E-state index in [2.05, 4.69) is 22.2 Å². The van der Waals surface area contributed by atoms with E-state index in [0.29, 0.717) is 5.82 Å². The number of anilines is 2. The smallest absolute Gasteiger partial charge is 0.132 e. The predicted octanol–water partition coefficient (Wildman–Crippen LogP) is 1.97. The van der Waals surface area contributed by atoms with Crippen molar-refractivity contribution in [3.63, 3.8) is 0 Å². The van der Waals surface area contributed by atoms with Crippen LogP contribution in [-0.4, -0.2) is 27.2 Å². The molecule has 0 spiro atoms. The van der Waals surface area contributed by atoms with Crippen molar-refractivity contribution in [2.45, 2.75) is 51.5 Å². The second-order valence-electron chi connectivity index (χ2n) is 5.69. The zero-order valence-corrected chi connectivity index (χ0v) is 11.8. The Bertz CT molecular complexity index is 427. The molecule has 0 saturated heterocycles. The van der Waals surface area contributed by atoms with Gasteiger partial charge in [-0.1, -0.05) is 13.8 Å². The van der Waals surface area contributed by atoms with E-state index >= 15 is 0 Å². The number of aryl methyl sites for hydroxylation is 1. The molecule has 1 aliphatic carbocycles. The molecule has 1 aliphatic rings. The van der Waals surface area contributed by atoms with E-state index in [1.54, 1.807) is 6.07 Å². The van der Waals surface area contributed by atoms with Gasteiger partial charge in [-0.2, -0.15) is 0 Å². The summed E-state index contributed by atoms with van der Waals surface area (Å²) in [5.74, 6) is 2.68. The Morgan fingerprint density at radius 1 is 1.42 bits per heavy atom. The van der Waals surface area contributed by atoms with Gasteiger partial charge >= 0.3 is 0 Å². The number of nitrogens with one attached hydrogen (secondary N) is 1. The predicted molar refractivity (Wildman–Crippen MR) is 76.9 cm³/mol. The molecule has 2 rings (SSSR count). The maximum atomic E-state index is 9.75. The molecule has 1 aromatic rings. The fourth-order valence-corrected chi connectivity index (χ4v) is 2.65. The van der Waals surface area contributed by atoms with Crippen LogP contribution in [0.15, 0.2) is 6.07 Å². The number of nitrogens with two attached hydrogens (primary N) is 1. The third-order valence-electron chi connectivity index (χ3n) is 4.04. The number of nitrogens with zero attached hydrogens (tertiary/aromatic N) is 2. The van der Waals surface area contributed by atoms with E-state index in [4.69, 9.17) is 5.73 Å². The number of aromatic nitrogens is 2. The van der Waals surface area contributed by atoms with Crippen molar-refractivity contribution >= 4 is 11.6 Å². The minimum Gasteiger partial charge on any atom is -0.394 e. The number of rotatable bonds is 4. The Hall–Kier alpha value is -1.36. The fourth-order valence-electron chi connectivity index (χ4n) is 2.65. The lowest BCUT2D eigenvalue weighted by molar-refractivity contribution is 0.155.